The maximum atomic E-state index is 11.6. The van der Waals surface area contributed by atoms with Crippen LogP contribution < -0.4 is 5.32 Å². The fourth-order valence-corrected chi connectivity index (χ4v) is 1.61. The second-order valence-corrected chi connectivity index (χ2v) is 3.71. The van der Waals surface area contributed by atoms with Gasteiger partial charge in [0.25, 0.3) is 0 Å². The molecule has 8 heteroatoms. The average Bonchev–Trinajstić information content (AvgIpc) is 2.72. The third-order valence-electron chi connectivity index (χ3n) is 2.13. The highest BCUT2D eigenvalue weighted by Gasteiger charge is 2.19. The molecule has 0 fully saturated rings. The first-order valence-corrected chi connectivity index (χ1v) is 6.03. The van der Waals surface area contributed by atoms with Gasteiger partial charge >= 0.3 is 5.97 Å². The zero-order chi connectivity index (χ0) is 13.5. The quantitative estimate of drug-likeness (QED) is 0.597. The van der Waals surface area contributed by atoms with E-state index in [0.29, 0.717) is 18.8 Å². The number of amides is 1. The minimum Gasteiger partial charge on any atom is -0.461 e. The Morgan fingerprint density at radius 2 is 2.22 bits per heavy atom. The number of halogens is 1. The molecule has 7 nitrogen and oxygen atoms in total. The summed E-state index contributed by atoms with van der Waals surface area (Å²) in [6, 6.07) is 0. The van der Waals surface area contributed by atoms with E-state index in [-0.39, 0.29) is 24.1 Å². The molecule has 0 aliphatic carbocycles. The van der Waals surface area contributed by atoms with Gasteiger partial charge < -0.3 is 10.1 Å². The van der Waals surface area contributed by atoms with Crippen LogP contribution in [0.1, 0.15) is 30.0 Å². The Morgan fingerprint density at radius 1 is 1.50 bits per heavy atom. The molecule has 0 aliphatic rings. The van der Waals surface area contributed by atoms with Gasteiger partial charge in [0, 0.05) is 13.5 Å². The van der Waals surface area contributed by atoms with Gasteiger partial charge in [-0.25, -0.2) is 9.48 Å². The number of esters is 1. The Balaban J connectivity index is 2.75. The lowest BCUT2D eigenvalue weighted by Gasteiger charge is -2.05. The highest BCUT2D eigenvalue weighted by Crippen LogP contribution is 2.10. The van der Waals surface area contributed by atoms with Gasteiger partial charge in [0.05, 0.1) is 24.7 Å². The molecule has 0 saturated carbocycles. The molecule has 1 heterocycles. The van der Waals surface area contributed by atoms with Gasteiger partial charge in [-0.1, -0.05) is 5.21 Å². The highest BCUT2D eigenvalue weighted by atomic mass is 35.5. The number of aromatic nitrogens is 3. The molecule has 1 aromatic heterocycles. The van der Waals surface area contributed by atoms with Crippen LogP contribution in [0.5, 0.6) is 0 Å². The summed E-state index contributed by atoms with van der Waals surface area (Å²) in [5.74, 6) is -0.576. The molecule has 0 radical (unpaired) electrons. The van der Waals surface area contributed by atoms with Crippen LogP contribution in [0.15, 0.2) is 0 Å². The molecule has 1 amide bonds. The minimum atomic E-state index is -0.543. The molecule has 1 aromatic rings. The first-order chi connectivity index (χ1) is 8.60. The number of hydrogen-bond donors (Lipinski definition) is 1. The van der Waals surface area contributed by atoms with Crippen molar-refractivity contribution < 1.29 is 14.3 Å². The molecule has 1 N–H and O–H groups in total. The van der Waals surface area contributed by atoms with Gasteiger partial charge in [0.15, 0.2) is 5.69 Å². The zero-order valence-corrected chi connectivity index (χ0v) is 11.0. The Morgan fingerprint density at radius 3 is 2.78 bits per heavy atom. The van der Waals surface area contributed by atoms with Crippen molar-refractivity contribution in [2.75, 3.05) is 13.2 Å². The Labute approximate surface area is 109 Å². The Hall–Kier alpha value is -1.63. The van der Waals surface area contributed by atoms with Gasteiger partial charge in [-0.3, -0.25) is 4.79 Å². The van der Waals surface area contributed by atoms with Crippen LogP contribution >= 0.6 is 11.6 Å². The second-order valence-electron chi connectivity index (χ2n) is 3.44. The largest absolute Gasteiger partial charge is 0.461 e. The van der Waals surface area contributed by atoms with Crippen LogP contribution in [0.3, 0.4) is 0 Å². The van der Waals surface area contributed by atoms with Crippen molar-refractivity contribution in [2.45, 2.75) is 26.3 Å². The van der Waals surface area contributed by atoms with E-state index in [4.69, 9.17) is 16.3 Å². The molecule has 0 saturated heterocycles. The van der Waals surface area contributed by atoms with E-state index in [0.717, 1.165) is 0 Å². The van der Waals surface area contributed by atoms with E-state index in [1.807, 2.05) is 0 Å². The number of carbonyl (C=O) groups is 2. The molecular weight excluding hydrogens is 260 g/mol. The van der Waals surface area contributed by atoms with E-state index in [1.165, 1.54) is 11.6 Å². The fraction of sp³-hybridized carbons (Fsp3) is 0.600. The molecule has 0 unspecified atom stereocenters. The van der Waals surface area contributed by atoms with Crippen LogP contribution in [0.4, 0.5) is 0 Å². The first-order valence-electron chi connectivity index (χ1n) is 5.50. The first kappa shape index (κ1) is 14.4. The van der Waals surface area contributed by atoms with Crippen molar-refractivity contribution in [3.8, 4) is 0 Å². The van der Waals surface area contributed by atoms with Crippen LogP contribution in [-0.4, -0.2) is 40.0 Å². The maximum Gasteiger partial charge on any atom is 0.360 e. The predicted octanol–water partition coefficient (Wildman–Crippen LogP) is 0.330. The second kappa shape index (κ2) is 6.95. The average molecular weight is 275 g/mol. The number of ether oxygens (including phenoxy) is 1. The SMILES string of the molecule is CCOC(=O)c1nnn(CCNC(C)=O)c1CCl. The smallest absolute Gasteiger partial charge is 0.360 e. The Kier molecular flexibility index (Phi) is 5.57. The highest BCUT2D eigenvalue weighted by molar-refractivity contribution is 6.17. The van der Waals surface area contributed by atoms with Crippen LogP contribution in [0.25, 0.3) is 0 Å². The third-order valence-corrected chi connectivity index (χ3v) is 2.38. The van der Waals surface area contributed by atoms with E-state index >= 15 is 0 Å². The monoisotopic (exact) mass is 274 g/mol. The number of nitrogens with one attached hydrogen (secondary N) is 1. The lowest BCUT2D eigenvalue weighted by molar-refractivity contribution is -0.119. The molecule has 1 rings (SSSR count). The molecule has 0 bridgehead atoms. The van der Waals surface area contributed by atoms with Crippen molar-refractivity contribution in [2.24, 2.45) is 0 Å². The molecule has 0 aromatic carbocycles. The predicted molar refractivity (Wildman–Crippen MR) is 64.2 cm³/mol. The van der Waals surface area contributed by atoms with Gasteiger partial charge in [-0.05, 0) is 6.92 Å². The molecule has 18 heavy (non-hydrogen) atoms. The van der Waals surface area contributed by atoms with E-state index in [1.54, 1.807) is 6.92 Å². The summed E-state index contributed by atoms with van der Waals surface area (Å²) in [7, 11) is 0. The summed E-state index contributed by atoms with van der Waals surface area (Å²) < 4.78 is 6.32. The summed E-state index contributed by atoms with van der Waals surface area (Å²) >= 11 is 5.77. The topological polar surface area (TPSA) is 86.1 Å². The molecular formula is C10H15ClN4O3. The lowest BCUT2D eigenvalue weighted by atomic mass is 10.3. The van der Waals surface area contributed by atoms with Gasteiger partial charge in [0.2, 0.25) is 5.91 Å². The lowest BCUT2D eigenvalue weighted by Crippen LogP contribution is -2.25. The number of hydrogen-bond acceptors (Lipinski definition) is 5. The zero-order valence-electron chi connectivity index (χ0n) is 10.3. The molecule has 0 atom stereocenters. The summed E-state index contributed by atoms with van der Waals surface area (Å²) in [4.78, 5) is 22.3. The molecule has 0 spiro atoms. The third kappa shape index (κ3) is 3.69. The van der Waals surface area contributed by atoms with Crippen LogP contribution in [-0.2, 0) is 22.0 Å². The van der Waals surface area contributed by atoms with Crippen LogP contribution in [0.2, 0.25) is 0 Å². The number of carbonyl (C=O) groups excluding carboxylic acids is 2. The van der Waals surface area contributed by atoms with Gasteiger partial charge in [-0.15, -0.1) is 16.7 Å². The molecule has 0 aliphatic heterocycles. The number of alkyl halides is 1. The van der Waals surface area contributed by atoms with Gasteiger partial charge in [-0.2, -0.15) is 0 Å². The fourth-order valence-electron chi connectivity index (χ4n) is 1.34. The maximum absolute atomic E-state index is 11.6. The van der Waals surface area contributed by atoms with Gasteiger partial charge in [0.1, 0.15) is 0 Å². The van der Waals surface area contributed by atoms with Crippen molar-refractivity contribution >= 4 is 23.5 Å². The van der Waals surface area contributed by atoms with Crippen molar-refractivity contribution in [3.05, 3.63) is 11.4 Å². The van der Waals surface area contributed by atoms with E-state index in [2.05, 4.69) is 15.6 Å². The number of nitrogens with zero attached hydrogens (tertiary/aromatic N) is 3. The standard InChI is InChI=1S/C10H15ClN4O3/c1-3-18-10(17)9-8(6-11)15(14-13-9)5-4-12-7(2)16/h3-6H2,1-2H3,(H,12,16). The Bertz CT molecular complexity index is 433. The van der Waals surface area contributed by atoms with Crippen molar-refractivity contribution in [3.63, 3.8) is 0 Å². The number of rotatable bonds is 6. The van der Waals surface area contributed by atoms with Crippen molar-refractivity contribution in [1.82, 2.24) is 20.3 Å². The normalized spacial score (nSPS) is 10.2. The van der Waals surface area contributed by atoms with E-state index in [9.17, 15) is 9.59 Å². The summed E-state index contributed by atoms with van der Waals surface area (Å²) in [5.41, 5.74) is 0.607. The summed E-state index contributed by atoms with van der Waals surface area (Å²) in [5, 5.41) is 10.2. The van der Waals surface area contributed by atoms with E-state index < -0.39 is 5.97 Å². The van der Waals surface area contributed by atoms with Crippen LogP contribution in [0, 0.1) is 0 Å². The molecule has 100 valence electrons. The minimum absolute atomic E-state index is 0.0984. The van der Waals surface area contributed by atoms with Crippen molar-refractivity contribution in [1.29, 1.82) is 0 Å². The summed E-state index contributed by atoms with van der Waals surface area (Å²) in [6.07, 6.45) is 0. The summed E-state index contributed by atoms with van der Waals surface area (Å²) in [6.45, 7) is 4.19.